The molecule has 1 heterocycles. The SMILES string of the molecule is Cc1ccc(S(=O)(=O)N2C[C@](N=C(c3ccccc3)c3ccccc3)(c3ccccc3)[C@@H]2C)cc1. The fourth-order valence-corrected chi connectivity index (χ4v) is 6.42. The van der Waals surface area contributed by atoms with E-state index in [1.165, 1.54) is 0 Å². The molecule has 0 aromatic heterocycles. The van der Waals surface area contributed by atoms with Crippen molar-refractivity contribution in [1.29, 1.82) is 0 Å². The molecule has 4 aromatic rings. The third kappa shape index (κ3) is 4.22. The first kappa shape index (κ1) is 23.2. The zero-order valence-electron chi connectivity index (χ0n) is 19.9. The molecule has 0 bridgehead atoms. The van der Waals surface area contributed by atoms with Gasteiger partial charge in [-0.2, -0.15) is 4.31 Å². The average Bonchev–Trinajstić information content (AvgIpc) is 2.90. The minimum atomic E-state index is -3.65. The summed E-state index contributed by atoms with van der Waals surface area (Å²) in [5.74, 6) is 0. The third-order valence-electron chi connectivity index (χ3n) is 6.83. The maximum absolute atomic E-state index is 13.6. The van der Waals surface area contributed by atoms with E-state index in [1.807, 2.05) is 92.7 Å². The molecule has 2 atom stereocenters. The van der Waals surface area contributed by atoms with Crippen LogP contribution in [0.3, 0.4) is 0 Å². The maximum Gasteiger partial charge on any atom is 0.243 e. The van der Waals surface area contributed by atoms with Crippen LogP contribution in [0.1, 0.15) is 29.2 Å². The standard InChI is InChI=1S/C30H28N2O2S/c1-23-18-20-28(21-19-23)35(33,34)32-22-30(24(32)2,27-16-10-5-11-17-27)31-29(25-12-6-3-7-13-25)26-14-8-4-9-15-26/h3-21,24H,22H2,1-2H3/t24-,30+/m0/s1. The van der Waals surface area contributed by atoms with Gasteiger partial charge >= 0.3 is 0 Å². The second kappa shape index (κ2) is 9.25. The molecule has 0 radical (unpaired) electrons. The number of hydrogen-bond donors (Lipinski definition) is 0. The lowest BCUT2D eigenvalue weighted by Gasteiger charge is -2.53. The number of aryl methyl sites for hydroxylation is 1. The zero-order chi connectivity index (χ0) is 24.5. The van der Waals surface area contributed by atoms with Gasteiger partial charge in [-0.1, -0.05) is 109 Å². The average molecular weight is 481 g/mol. The molecule has 1 saturated heterocycles. The van der Waals surface area contributed by atoms with Gasteiger partial charge in [-0.3, -0.25) is 4.99 Å². The topological polar surface area (TPSA) is 49.7 Å². The number of benzene rings is 4. The Kier molecular flexibility index (Phi) is 6.13. The van der Waals surface area contributed by atoms with E-state index < -0.39 is 15.6 Å². The van der Waals surface area contributed by atoms with Crippen LogP contribution in [0.5, 0.6) is 0 Å². The van der Waals surface area contributed by atoms with Crippen LogP contribution in [0.25, 0.3) is 0 Å². The van der Waals surface area contributed by atoms with Crippen molar-refractivity contribution in [1.82, 2.24) is 4.31 Å². The molecule has 4 aromatic carbocycles. The first-order chi connectivity index (χ1) is 16.9. The molecule has 0 unspecified atom stereocenters. The summed E-state index contributed by atoms with van der Waals surface area (Å²) in [6.07, 6.45) is 0. The predicted molar refractivity (Wildman–Crippen MR) is 141 cm³/mol. The number of nitrogens with zero attached hydrogens (tertiary/aromatic N) is 2. The molecule has 0 spiro atoms. The molecular weight excluding hydrogens is 452 g/mol. The highest BCUT2D eigenvalue weighted by Gasteiger charge is 2.56. The number of hydrogen-bond acceptors (Lipinski definition) is 3. The molecular formula is C30H28N2O2S. The second-order valence-corrected chi connectivity index (χ2v) is 10.9. The van der Waals surface area contributed by atoms with E-state index in [0.717, 1.165) is 28.0 Å². The molecule has 1 aliphatic heterocycles. The highest BCUT2D eigenvalue weighted by atomic mass is 32.2. The van der Waals surface area contributed by atoms with Crippen LogP contribution in [-0.2, 0) is 15.6 Å². The van der Waals surface area contributed by atoms with Gasteiger partial charge in [0.2, 0.25) is 10.0 Å². The van der Waals surface area contributed by atoms with Crippen LogP contribution in [-0.4, -0.2) is 31.0 Å². The Hall–Kier alpha value is -3.54. The van der Waals surface area contributed by atoms with Crippen LogP contribution in [0.2, 0.25) is 0 Å². The lowest BCUT2D eigenvalue weighted by atomic mass is 9.77. The summed E-state index contributed by atoms with van der Waals surface area (Å²) in [4.78, 5) is 5.70. The van der Waals surface area contributed by atoms with Gasteiger partial charge in [0.15, 0.2) is 0 Å². The Balaban J connectivity index is 1.64. The molecule has 0 aliphatic carbocycles. The molecule has 5 heteroatoms. The van der Waals surface area contributed by atoms with Crippen molar-refractivity contribution in [2.45, 2.75) is 30.3 Å². The summed E-state index contributed by atoms with van der Waals surface area (Å²) in [7, 11) is -3.65. The van der Waals surface area contributed by atoms with Crippen LogP contribution in [0.4, 0.5) is 0 Å². The number of aliphatic imine (C=N–C) groups is 1. The molecule has 176 valence electrons. The van der Waals surface area contributed by atoms with Crippen molar-refractivity contribution in [2.75, 3.05) is 6.54 Å². The molecule has 35 heavy (non-hydrogen) atoms. The molecule has 1 fully saturated rings. The molecule has 0 amide bonds. The van der Waals surface area contributed by atoms with E-state index in [2.05, 4.69) is 24.3 Å². The number of sulfonamides is 1. The second-order valence-electron chi connectivity index (χ2n) is 9.02. The molecule has 5 rings (SSSR count). The fraction of sp³-hybridized carbons (Fsp3) is 0.167. The normalized spacial score (nSPS) is 20.1. The Bertz CT molecular complexity index is 1390. The van der Waals surface area contributed by atoms with Gasteiger partial charge in [0.1, 0.15) is 5.54 Å². The van der Waals surface area contributed by atoms with E-state index in [0.29, 0.717) is 4.90 Å². The van der Waals surface area contributed by atoms with Crippen molar-refractivity contribution in [2.24, 2.45) is 4.99 Å². The smallest absolute Gasteiger partial charge is 0.243 e. The van der Waals surface area contributed by atoms with Crippen molar-refractivity contribution >= 4 is 15.7 Å². The van der Waals surface area contributed by atoms with Gasteiger partial charge in [-0.05, 0) is 31.5 Å². The predicted octanol–water partition coefficient (Wildman–Crippen LogP) is 5.82. The van der Waals surface area contributed by atoms with E-state index >= 15 is 0 Å². The van der Waals surface area contributed by atoms with Crippen molar-refractivity contribution < 1.29 is 8.42 Å². The van der Waals surface area contributed by atoms with E-state index in [4.69, 9.17) is 4.99 Å². The van der Waals surface area contributed by atoms with E-state index in [-0.39, 0.29) is 12.6 Å². The minimum absolute atomic E-state index is 0.275. The summed E-state index contributed by atoms with van der Waals surface area (Å²) in [6, 6.07) is 36.9. The van der Waals surface area contributed by atoms with Crippen molar-refractivity contribution in [3.8, 4) is 0 Å². The molecule has 4 nitrogen and oxygen atoms in total. The Labute approximate surface area is 207 Å². The third-order valence-corrected chi connectivity index (χ3v) is 8.76. The van der Waals surface area contributed by atoms with Gasteiger partial charge in [-0.25, -0.2) is 8.42 Å². The summed E-state index contributed by atoms with van der Waals surface area (Å²) in [5, 5.41) is 0. The van der Waals surface area contributed by atoms with Crippen molar-refractivity contribution in [3.63, 3.8) is 0 Å². The highest BCUT2D eigenvalue weighted by Crippen LogP contribution is 2.45. The van der Waals surface area contributed by atoms with Gasteiger partial charge in [0.05, 0.1) is 16.6 Å². The summed E-state index contributed by atoms with van der Waals surface area (Å²) < 4.78 is 28.7. The fourth-order valence-electron chi connectivity index (χ4n) is 4.71. The quantitative estimate of drug-likeness (QED) is 0.327. The summed E-state index contributed by atoms with van der Waals surface area (Å²) in [6.45, 7) is 4.18. The first-order valence-corrected chi connectivity index (χ1v) is 13.2. The Morgan fingerprint density at radius 1 is 0.771 bits per heavy atom. The molecule has 0 saturated carbocycles. The van der Waals surface area contributed by atoms with E-state index in [1.54, 1.807) is 16.4 Å². The monoisotopic (exact) mass is 480 g/mol. The van der Waals surface area contributed by atoms with E-state index in [9.17, 15) is 8.42 Å². The lowest BCUT2D eigenvalue weighted by Crippen LogP contribution is -2.66. The summed E-state index contributed by atoms with van der Waals surface area (Å²) >= 11 is 0. The molecule has 1 aliphatic rings. The minimum Gasteiger partial charge on any atom is -0.270 e. The van der Waals surface area contributed by atoms with Crippen LogP contribution in [0.15, 0.2) is 125 Å². The van der Waals surface area contributed by atoms with Gasteiger partial charge in [0.25, 0.3) is 0 Å². The lowest BCUT2D eigenvalue weighted by molar-refractivity contribution is 0.0807. The number of rotatable bonds is 6. The Morgan fingerprint density at radius 2 is 1.26 bits per heavy atom. The van der Waals surface area contributed by atoms with Gasteiger partial charge < -0.3 is 0 Å². The largest absolute Gasteiger partial charge is 0.270 e. The van der Waals surface area contributed by atoms with Crippen LogP contribution >= 0.6 is 0 Å². The summed E-state index contributed by atoms with van der Waals surface area (Å²) in [5.41, 5.74) is 4.18. The zero-order valence-corrected chi connectivity index (χ0v) is 20.7. The molecule has 0 N–H and O–H groups in total. The van der Waals surface area contributed by atoms with Crippen molar-refractivity contribution in [3.05, 3.63) is 138 Å². The van der Waals surface area contributed by atoms with Crippen LogP contribution < -0.4 is 0 Å². The van der Waals surface area contributed by atoms with Gasteiger partial charge in [-0.15, -0.1) is 0 Å². The van der Waals surface area contributed by atoms with Crippen LogP contribution in [0, 0.1) is 6.92 Å². The first-order valence-electron chi connectivity index (χ1n) is 11.8. The highest BCUT2D eigenvalue weighted by molar-refractivity contribution is 7.89. The maximum atomic E-state index is 13.6. The van der Waals surface area contributed by atoms with Gasteiger partial charge in [0, 0.05) is 17.7 Å². The Morgan fingerprint density at radius 3 is 1.74 bits per heavy atom.